The molecule has 0 spiro atoms. The van der Waals surface area contributed by atoms with Crippen LogP contribution in [-0.2, 0) is 4.74 Å². The minimum Gasteiger partial charge on any atom is -0.375 e. The standard InChI is InChI=1S/C10H15N3O2/c1-7-6-15-8(2)5-13(7)10(14)9-3-11-12-4-9/h3-4,7-8H,5-6H2,1-2H3,(H,11,12). The lowest BCUT2D eigenvalue weighted by molar-refractivity contribution is -0.0387. The van der Waals surface area contributed by atoms with Crippen molar-refractivity contribution in [2.75, 3.05) is 13.2 Å². The predicted octanol–water partition coefficient (Wildman–Crippen LogP) is 0.659. The van der Waals surface area contributed by atoms with Crippen LogP contribution in [0.3, 0.4) is 0 Å². The first-order valence-corrected chi connectivity index (χ1v) is 5.10. The number of ether oxygens (including phenoxy) is 1. The number of H-pyrrole nitrogens is 1. The minimum absolute atomic E-state index is 0.0198. The van der Waals surface area contributed by atoms with E-state index in [1.165, 1.54) is 0 Å². The Morgan fingerprint density at radius 2 is 2.47 bits per heavy atom. The molecule has 2 rings (SSSR count). The SMILES string of the molecule is CC1CN(C(=O)c2cn[nH]c2)C(C)CO1. The molecule has 0 bridgehead atoms. The van der Waals surface area contributed by atoms with Crippen molar-refractivity contribution < 1.29 is 9.53 Å². The van der Waals surface area contributed by atoms with Crippen LogP contribution < -0.4 is 0 Å². The number of carbonyl (C=O) groups excluding carboxylic acids is 1. The molecule has 0 aromatic carbocycles. The predicted molar refractivity (Wildman–Crippen MR) is 54.5 cm³/mol. The highest BCUT2D eigenvalue weighted by Crippen LogP contribution is 2.14. The maximum Gasteiger partial charge on any atom is 0.257 e. The molecule has 15 heavy (non-hydrogen) atoms. The number of hydrogen-bond donors (Lipinski definition) is 1. The first kappa shape index (κ1) is 10.2. The highest BCUT2D eigenvalue weighted by molar-refractivity contribution is 5.94. The van der Waals surface area contributed by atoms with Crippen LogP contribution >= 0.6 is 0 Å². The van der Waals surface area contributed by atoms with E-state index < -0.39 is 0 Å². The largest absolute Gasteiger partial charge is 0.375 e. The van der Waals surface area contributed by atoms with Gasteiger partial charge in [0.1, 0.15) is 0 Å². The van der Waals surface area contributed by atoms with Gasteiger partial charge in [-0.15, -0.1) is 0 Å². The Morgan fingerprint density at radius 3 is 3.13 bits per heavy atom. The lowest BCUT2D eigenvalue weighted by Gasteiger charge is -2.36. The fraction of sp³-hybridized carbons (Fsp3) is 0.600. The van der Waals surface area contributed by atoms with Gasteiger partial charge in [-0.05, 0) is 13.8 Å². The Kier molecular flexibility index (Phi) is 2.73. The quantitative estimate of drug-likeness (QED) is 0.739. The summed E-state index contributed by atoms with van der Waals surface area (Å²) in [7, 11) is 0. The van der Waals surface area contributed by atoms with Crippen LogP contribution in [0, 0.1) is 0 Å². The van der Waals surface area contributed by atoms with Gasteiger partial charge in [-0.3, -0.25) is 9.89 Å². The average molecular weight is 209 g/mol. The number of nitrogens with one attached hydrogen (secondary N) is 1. The molecule has 1 aliphatic heterocycles. The molecule has 0 aliphatic carbocycles. The van der Waals surface area contributed by atoms with Crippen LogP contribution in [0.1, 0.15) is 24.2 Å². The van der Waals surface area contributed by atoms with Gasteiger partial charge >= 0.3 is 0 Å². The Bertz CT molecular complexity index is 336. The molecular formula is C10H15N3O2. The second kappa shape index (κ2) is 4.02. The van der Waals surface area contributed by atoms with Gasteiger partial charge in [-0.25, -0.2) is 0 Å². The van der Waals surface area contributed by atoms with Crippen molar-refractivity contribution in [2.24, 2.45) is 0 Å². The summed E-state index contributed by atoms with van der Waals surface area (Å²) in [5.41, 5.74) is 0.607. The van der Waals surface area contributed by atoms with Crippen molar-refractivity contribution >= 4 is 5.91 Å². The van der Waals surface area contributed by atoms with Gasteiger partial charge in [0.2, 0.25) is 0 Å². The number of rotatable bonds is 1. The van der Waals surface area contributed by atoms with Gasteiger partial charge in [0.25, 0.3) is 5.91 Å². The lowest BCUT2D eigenvalue weighted by Crippen LogP contribution is -2.50. The summed E-state index contributed by atoms with van der Waals surface area (Å²) < 4.78 is 5.47. The molecule has 1 amide bonds. The third-order valence-corrected chi connectivity index (χ3v) is 2.61. The zero-order valence-corrected chi connectivity index (χ0v) is 8.93. The van der Waals surface area contributed by atoms with E-state index in [0.717, 1.165) is 0 Å². The van der Waals surface area contributed by atoms with Gasteiger partial charge in [0.15, 0.2) is 0 Å². The Morgan fingerprint density at radius 1 is 1.67 bits per heavy atom. The van der Waals surface area contributed by atoms with E-state index in [0.29, 0.717) is 18.7 Å². The zero-order chi connectivity index (χ0) is 10.8. The first-order chi connectivity index (χ1) is 7.18. The first-order valence-electron chi connectivity index (χ1n) is 5.10. The fourth-order valence-corrected chi connectivity index (χ4v) is 1.72. The average Bonchev–Trinajstić information content (AvgIpc) is 2.74. The molecule has 2 heterocycles. The summed E-state index contributed by atoms with van der Waals surface area (Å²) in [6.07, 6.45) is 3.28. The number of aromatic nitrogens is 2. The highest BCUT2D eigenvalue weighted by atomic mass is 16.5. The van der Waals surface area contributed by atoms with Gasteiger partial charge < -0.3 is 9.64 Å². The molecule has 0 radical (unpaired) electrons. The molecule has 2 atom stereocenters. The molecule has 5 heteroatoms. The molecule has 2 unspecified atom stereocenters. The third-order valence-electron chi connectivity index (χ3n) is 2.61. The van der Waals surface area contributed by atoms with Gasteiger partial charge in [0.05, 0.1) is 30.5 Å². The van der Waals surface area contributed by atoms with Crippen LogP contribution in [-0.4, -0.2) is 46.3 Å². The van der Waals surface area contributed by atoms with Crippen LogP contribution in [0.5, 0.6) is 0 Å². The summed E-state index contributed by atoms with van der Waals surface area (Å²) in [5, 5.41) is 6.43. The number of amides is 1. The van der Waals surface area contributed by atoms with Crippen molar-refractivity contribution in [1.29, 1.82) is 0 Å². The highest BCUT2D eigenvalue weighted by Gasteiger charge is 2.28. The molecule has 1 N–H and O–H groups in total. The maximum atomic E-state index is 12.0. The van der Waals surface area contributed by atoms with Crippen LogP contribution in [0.15, 0.2) is 12.4 Å². The van der Waals surface area contributed by atoms with Crippen molar-refractivity contribution in [2.45, 2.75) is 26.0 Å². The minimum atomic E-state index is 0.0198. The number of morpholine rings is 1. The second-order valence-electron chi connectivity index (χ2n) is 3.94. The maximum absolute atomic E-state index is 12.0. The number of hydrogen-bond acceptors (Lipinski definition) is 3. The molecule has 1 aromatic heterocycles. The van der Waals surface area contributed by atoms with E-state index in [2.05, 4.69) is 10.2 Å². The second-order valence-corrected chi connectivity index (χ2v) is 3.94. The number of aromatic amines is 1. The van der Waals surface area contributed by atoms with E-state index >= 15 is 0 Å². The van der Waals surface area contributed by atoms with E-state index in [-0.39, 0.29) is 18.1 Å². The zero-order valence-electron chi connectivity index (χ0n) is 8.93. The molecule has 1 saturated heterocycles. The summed E-state index contributed by atoms with van der Waals surface area (Å²) in [4.78, 5) is 13.9. The Labute approximate surface area is 88.4 Å². The van der Waals surface area contributed by atoms with Crippen molar-refractivity contribution in [3.63, 3.8) is 0 Å². The molecular weight excluding hydrogens is 194 g/mol. The molecule has 82 valence electrons. The monoisotopic (exact) mass is 209 g/mol. The van der Waals surface area contributed by atoms with Gasteiger partial charge in [-0.1, -0.05) is 0 Å². The lowest BCUT2D eigenvalue weighted by atomic mass is 10.2. The van der Waals surface area contributed by atoms with Crippen LogP contribution in [0.4, 0.5) is 0 Å². The van der Waals surface area contributed by atoms with E-state index in [1.807, 2.05) is 18.7 Å². The van der Waals surface area contributed by atoms with Crippen LogP contribution in [0.2, 0.25) is 0 Å². The van der Waals surface area contributed by atoms with E-state index in [1.54, 1.807) is 12.4 Å². The fourth-order valence-electron chi connectivity index (χ4n) is 1.72. The summed E-state index contributed by atoms with van der Waals surface area (Å²) in [6, 6.07) is 0.128. The smallest absolute Gasteiger partial charge is 0.257 e. The molecule has 0 saturated carbocycles. The molecule has 5 nitrogen and oxygen atoms in total. The van der Waals surface area contributed by atoms with Crippen LogP contribution in [0.25, 0.3) is 0 Å². The van der Waals surface area contributed by atoms with E-state index in [9.17, 15) is 4.79 Å². The summed E-state index contributed by atoms with van der Waals surface area (Å²) in [5.74, 6) is 0.0198. The van der Waals surface area contributed by atoms with Crippen molar-refractivity contribution in [3.8, 4) is 0 Å². The normalized spacial score (nSPS) is 26.7. The van der Waals surface area contributed by atoms with Gasteiger partial charge in [-0.2, -0.15) is 5.10 Å². The summed E-state index contributed by atoms with van der Waals surface area (Å²) in [6.45, 7) is 5.21. The third kappa shape index (κ3) is 2.02. The van der Waals surface area contributed by atoms with Crippen molar-refractivity contribution in [3.05, 3.63) is 18.0 Å². The topological polar surface area (TPSA) is 58.2 Å². The molecule has 1 fully saturated rings. The Balaban J connectivity index is 2.12. The number of carbonyl (C=O) groups is 1. The molecule has 1 aromatic rings. The van der Waals surface area contributed by atoms with Gasteiger partial charge in [0, 0.05) is 12.7 Å². The van der Waals surface area contributed by atoms with E-state index in [4.69, 9.17) is 4.74 Å². The number of nitrogens with zero attached hydrogens (tertiary/aromatic N) is 2. The summed E-state index contributed by atoms with van der Waals surface area (Å²) >= 11 is 0. The van der Waals surface area contributed by atoms with Crippen molar-refractivity contribution in [1.82, 2.24) is 15.1 Å². The Hall–Kier alpha value is -1.36. The molecule has 1 aliphatic rings.